The number of halogens is 1. The van der Waals surface area contributed by atoms with Gasteiger partial charge in [-0.15, -0.1) is 0 Å². The molecule has 0 saturated carbocycles. The van der Waals surface area contributed by atoms with Gasteiger partial charge in [0.05, 0.1) is 0 Å². The maximum absolute atomic E-state index is 17.1. The standard InChI is InChI=1S/C31H33FN2O3SSeSi/c1-30(2,3)40(25-15-9-5-10-16-25,26-17-11-6-12-18-26)37-22-23-21-31(32,39-24-13-7-4-8-14-24)28(38-23)34-20-19-27(35)33-29(34)36/h4-20,23,28H,21-22H2,1-3H3,(H,33,35,36)/t23-,28+,31+/m1/s1. The summed E-state index contributed by atoms with van der Waals surface area (Å²) in [7, 11) is -2.80. The van der Waals surface area contributed by atoms with E-state index in [1.807, 2.05) is 66.7 Å². The Morgan fingerprint density at radius 1 is 0.950 bits per heavy atom. The third kappa shape index (κ3) is 5.71. The summed E-state index contributed by atoms with van der Waals surface area (Å²) in [6, 6.07) is 31.7. The van der Waals surface area contributed by atoms with Crippen molar-refractivity contribution in [1.29, 1.82) is 0 Å². The van der Waals surface area contributed by atoms with E-state index in [-0.39, 0.29) is 16.7 Å². The Kier molecular flexibility index (Phi) is 8.41. The van der Waals surface area contributed by atoms with E-state index in [1.54, 1.807) is 0 Å². The molecule has 1 aliphatic heterocycles. The van der Waals surface area contributed by atoms with Crippen LogP contribution in [-0.2, 0) is 4.43 Å². The van der Waals surface area contributed by atoms with Gasteiger partial charge in [0.2, 0.25) is 0 Å². The fourth-order valence-electron chi connectivity index (χ4n) is 5.48. The van der Waals surface area contributed by atoms with Gasteiger partial charge >= 0.3 is 246 Å². The van der Waals surface area contributed by atoms with Crippen LogP contribution in [0.5, 0.6) is 0 Å². The summed E-state index contributed by atoms with van der Waals surface area (Å²) in [5.74, 6) is 0. The second-order valence-electron chi connectivity index (χ2n) is 11.0. The van der Waals surface area contributed by atoms with E-state index in [0.29, 0.717) is 6.61 Å². The SMILES string of the molecule is CC(C)(C)[Si](OC[C@H]1C[C@](F)([Se]c2ccccc2)[C@@H](n2ccc(=O)[nH]c2=O)S1)(c1ccccc1)c1ccccc1. The molecule has 0 radical (unpaired) electrons. The number of alkyl halides is 1. The normalized spacial score (nSPS) is 21.4. The third-order valence-corrected chi connectivity index (χ3v) is 16.7. The fraction of sp³-hybridized carbons (Fsp3) is 0.290. The molecule has 3 atom stereocenters. The van der Waals surface area contributed by atoms with E-state index in [1.165, 1.54) is 39.0 Å². The van der Waals surface area contributed by atoms with Gasteiger partial charge in [0.1, 0.15) is 0 Å². The molecule has 1 fully saturated rings. The van der Waals surface area contributed by atoms with Gasteiger partial charge in [0.15, 0.2) is 0 Å². The summed E-state index contributed by atoms with van der Waals surface area (Å²) in [6.45, 7) is 7.02. The molecule has 0 amide bonds. The molecular formula is C31H33FN2O3SSeSi. The molecule has 0 bridgehead atoms. The van der Waals surface area contributed by atoms with Crippen molar-refractivity contribution in [3.63, 3.8) is 0 Å². The van der Waals surface area contributed by atoms with E-state index in [9.17, 15) is 9.59 Å². The molecule has 2 heterocycles. The van der Waals surface area contributed by atoms with E-state index >= 15 is 4.39 Å². The van der Waals surface area contributed by atoms with Crippen LogP contribution in [0.2, 0.25) is 5.04 Å². The first-order valence-corrected chi connectivity index (χ1v) is 17.8. The predicted molar refractivity (Wildman–Crippen MR) is 166 cm³/mol. The molecule has 1 saturated heterocycles. The molecule has 0 aliphatic carbocycles. The first kappa shape index (κ1) is 28.8. The number of hydrogen-bond donors (Lipinski definition) is 1. The van der Waals surface area contributed by atoms with E-state index in [4.69, 9.17) is 4.43 Å². The number of benzene rings is 3. The van der Waals surface area contributed by atoms with E-state index in [2.05, 4.69) is 50.0 Å². The second-order valence-corrected chi connectivity index (χ2v) is 19.5. The number of H-pyrrole nitrogens is 1. The number of nitrogens with zero attached hydrogens (tertiary/aromatic N) is 1. The topological polar surface area (TPSA) is 64.1 Å². The molecule has 4 aromatic rings. The number of aromatic nitrogens is 2. The molecule has 5 nitrogen and oxygen atoms in total. The summed E-state index contributed by atoms with van der Waals surface area (Å²) in [5.41, 5.74) is -1.08. The molecule has 9 heteroatoms. The van der Waals surface area contributed by atoms with Crippen molar-refractivity contribution in [2.75, 3.05) is 6.61 Å². The molecule has 1 N–H and O–H groups in total. The van der Waals surface area contributed by atoms with Crippen molar-refractivity contribution in [1.82, 2.24) is 9.55 Å². The number of hydrogen-bond acceptors (Lipinski definition) is 4. The van der Waals surface area contributed by atoms with Crippen LogP contribution >= 0.6 is 11.8 Å². The number of thioether (sulfide) groups is 1. The van der Waals surface area contributed by atoms with Crippen molar-refractivity contribution in [3.8, 4) is 0 Å². The molecule has 0 unspecified atom stereocenters. The van der Waals surface area contributed by atoms with E-state index in [0.717, 1.165) is 4.46 Å². The number of aromatic amines is 1. The minimum atomic E-state index is -2.80. The molecule has 40 heavy (non-hydrogen) atoms. The maximum atomic E-state index is 17.1. The Labute approximate surface area is 245 Å². The molecule has 1 aliphatic rings. The van der Waals surface area contributed by atoms with Crippen molar-refractivity contribution in [2.24, 2.45) is 0 Å². The van der Waals surface area contributed by atoms with Gasteiger partial charge < -0.3 is 0 Å². The van der Waals surface area contributed by atoms with Crippen LogP contribution in [0.1, 0.15) is 32.6 Å². The second kappa shape index (κ2) is 11.7. The molecule has 5 rings (SSSR count). The van der Waals surface area contributed by atoms with Crippen LogP contribution in [-0.4, -0.2) is 49.2 Å². The van der Waals surface area contributed by atoms with Crippen molar-refractivity contribution in [2.45, 2.75) is 47.4 Å². The number of rotatable bonds is 8. The van der Waals surface area contributed by atoms with Crippen LogP contribution in [0, 0.1) is 0 Å². The Hall–Kier alpha value is -2.68. The fourth-order valence-corrected chi connectivity index (χ4v) is 15.0. The van der Waals surface area contributed by atoms with Crippen LogP contribution in [0.3, 0.4) is 0 Å². The number of nitrogens with one attached hydrogen (secondary N) is 1. The molecule has 0 spiro atoms. The molecular weight excluding hydrogens is 606 g/mol. The van der Waals surface area contributed by atoms with Gasteiger partial charge in [-0.05, 0) is 0 Å². The predicted octanol–water partition coefficient (Wildman–Crippen LogP) is 3.81. The Morgan fingerprint density at radius 3 is 2.02 bits per heavy atom. The molecule has 1 aromatic heterocycles. The quantitative estimate of drug-likeness (QED) is 0.298. The van der Waals surface area contributed by atoms with Gasteiger partial charge in [0.25, 0.3) is 0 Å². The third-order valence-electron chi connectivity index (χ3n) is 7.23. The minimum absolute atomic E-state index is 0.180. The molecule has 208 valence electrons. The van der Waals surface area contributed by atoms with Gasteiger partial charge in [-0.3, -0.25) is 0 Å². The van der Waals surface area contributed by atoms with Crippen molar-refractivity contribution < 1.29 is 8.82 Å². The van der Waals surface area contributed by atoms with Crippen molar-refractivity contribution in [3.05, 3.63) is 124 Å². The Balaban J connectivity index is 1.51. The van der Waals surface area contributed by atoms with Gasteiger partial charge in [-0.2, -0.15) is 0 Å². The van der Waals surface area contributed by atoms with Gasteiger partial charge in [-0.25, -0.2) is 0 Å². The first-order valence-electron chi connectivity index (χ1n) is 13.3. The average Bonchev–Trinajstić information content (AvgIpc) is 3.25. The van der Waals surface area contributed by atoms with Crippen LogP contribution < -0.4 is 26.1 Å². The zero-order chi connectivity index (χ0) is 28.4. The van der Waals surface area contributed by atoms with Gasteiger partial charge in [-0.1, -0.05) is 0 Å². The van der Waals surface area contributed by atoms with Crippen LogP contribution in [0.25, 0.3) is 0 Å². The van der Waals surface area contributed by atoms with Crippen LogP contribution in [0.4, 0.5) is 4.39 Å². The molecule has 3 aromatic carbocycles. The Bertz CT molecular complexity index is 1510. The zero-order valence-corrected chi connectivity index (χ0v) is 26.3. The zero-order valence-electron chi connectivity index (χ0n) is 22.8. The van der Waals surface area contributed by atoms with Crippen LogP contribution in [0.15, 0.2) is 113 Å². The Morgan fingerprint density at radius 2 is 1.50 bits per heavy atom. The van der Waals surface area contributed by atoms with Crippen molar-refractivity contribution >= 4 is 49.9 Å². The summed E-state index contributed by atoms with van der Waals surface area (Å²) in [6.07, 6.45) is 1.67. The summed E-state index contributed by atoms with van der Waals surface area (Å²) < 4.78 is 24.8. The summed E-state index contributed by atoms with van der Waals surface area (Å²) >= 11 is 0.869. The monoisotopic (exact) mass is 640 g/mol. The first-order chi connectivity index (χ1) is 19.1. The van der Waals surface area contributed by atoms with E-state index < -0.39 is 44.5 Å². The summed E-state index contributed by atoms with van der Waals surface area (Å²) in [5, 5.41) is 1.19. The van der Waals surface area contributed by atoms with Gasteiger partial charge in [0, 0.05) is 0 Å². The summed E-state index contributed by atoms with van der Waals surface area (Å²) in [4.78, 5) is 26.9. The average molecular weight is 640 g/mol.